The normalized spacial score (nSPS) is 20.4. The van der Waals surface area contributed by atoms with Crippen LogP contribution in [0.25, 0.3) is 11.1 Å². The molecule has 0 amide bonds. The topological polar surface area (TPSA) is 32.7 Å². The molecule has 2 aromatic carbocycles. The highest BCUT2D eigenvalue weighted by Crippen LogP contribution is 2.51. The van der Waals surface area contributed by atoms with Gasteiger partial charge in [0.15, 0.2) is 0 Å². The van der Waals surface area contributed by atoms with Gasteiger partial charge in [0.05, 0.1) is 6.61 Å². The Morgan fingerprint density at radius 2 is 1.96 bits per heavy atom. The number of piperidine rings is 1. The quantitative estimate of drug-likeness (QED) is 0.847. The summed E-state index contributed by atoms with van der Waals surface area (Å²) in [4.78, 5) is 2.41. The summed E-state index contributed by atoms with van der Waals surface area (Å²) in [6.07, 6.45) is 4.74. The third-order valence-corrected chi connectivity index (χ3v) is 6.73. The predicted molar refractivity (Wildman–Crippen MR) is 98.8 cm³/mol. The smallest absolute Gasteiger partial charge is 0.129 e. The van der Waals surface area contributed by atoms with Crippen LogP contribution in [0.15, 0.2) is 24.3 Å². The summed E-state index contributed by atoms with van der Waals surface area (Å²) in [5.41, 5.74) is 6.67. The maximum Gasteiger partial charge on any atom is 0.129 e. The SMILES string of the molecule is CN1CCC2(CCc3ccc4c(c32)COc2cc(CO)c(F)cc2-4)CC1. The first-order valence-electron chi connectivity index (χ1n) is 9.51. The van der Waals surface area contributed by atoms with Crippen LogP contribution >= 0.6 is 0 Å². The summed E-state index contributed by atoms with van der Waals surface area (Å²) in [6, 6.07) is 7.56. The van der Waals surface area contributed by atoms with Crippen LogP contribution in [0.3, 0.4) is 0 Å². The fourth-order valence-corrected chi connectivity index (χ4v) is 5.21. The standard InChI is InChI=1S/C22H24FNO2/c1-24-8-6-22(7-9-24)5-4-14-2-3-16-17-11-19(23)15(12-25)10-20(17)26-13-18(16)21(14)22/h2-3,10-11,25H,4-9,12-13H2,1H3. The fourth-order valence-electron chi connectivity index (χ4n) is 5.21. The Balaban J connectivity index is 1.66. The summed E-state index contributed by atoms with van der Waals surface area (Å²) < 4.78 is 20.4. The maximum absolute atomic E-state index is 14.3. The van der Waals surface area contributed by atoms with Crippen LogP contribution < -0.4 is 4.74 Å². The van der Waals surface area contributed by atoms with Crippen LogP contribution in [-0.4, -0.2) is 30.1 Å². The van der Waals surface area contributed by atoms with Crippen LogP contribution in [-0.2, 0) is 25.0 Å². The van der Waals surface area contributed by atoms with E-state index in [0.29, 0.717) is 17.9 Å². The highest BCUT2D eigenvalue weighted by molar-refractivity contribution is 5.78. The van der Waals surface area contributed by atoms with Crippen molar-refractivity contribution < 1.29 is 14.2 Å². The molecule has 4 heteroatoms. The molecule has 2 aliphatic heterocycles. The van der Waals surface area contributed by atoms with Crippen molar-refractivity contribution in [1.29, 1.82) is 0 Å². The highest BCUT2D eigenvalue weighted by Gasteiger charge is 2.43. The first kappa shape index (κ1) is 16.3. The highest BCUT2D eigenvalue weighted by atomic mass is 19.1. The number of nitrogens with zero attached hydrogens (tertiary/aromatic N) is 1. The first-order chi connectivity index (χ1) is 12.6. The molecule has 1 aliphatic carbocycles. The molecule has 3 nitrogen and oxygen atoms in total. The van der Waals surface area contributed by atoms with Gasteiger partial charge < -0.3 is 14.7 Å². The van der Waals surface area contributed by atoms with Gasteiger partial charge in [-0.2, -0.15) is 0 Å². The molecule has 136 valence electrons. The van der Waals surface area contributed by atoms with E-state index in [-0.39, 0.29) is 17.8 Å². The van der Waals surface area contributed by atoms with Gasteiger partial charge in [0, 0.05) is 16.7 Å². The third-order valence-electron chi connectivity index (χ3n) is 6.73. The second-order valence-electron chi connectivity index (χ2n) is 8.10. The maximum atomic E-state index is 14.3. The Morgan fingerprint density at radius 3 is 2.73 bits per heavy atom. The van der Waals surface area contributed by atoms with Crippen molar-refractivity contribution in [3.63, 3.8) is 0 Å². The summed E-state index contributed by atoms with van der Waals surface area (Å²) in [5, 5.41) is 9.33. The lowest BCUT2D eigenvalue weighted by atomic mass is 9.71. The summed E-state index contributed by atoms with van der Waals surface area (Å²) in [6.45, 7) is 2.50. The number of aliphatic hydroxyl groups excluding tert-OH is 1. The largest absolute Gasteiger partial charge is 0.488 e. The van der Waals surface area contributed by atoms with E-state index in [1.165, 1.54) is 42.0 Å². The number of aliphatic hydroxyl groups is 1. The fraction of sp³-hybridized carbons (Fsp3) is 0.455. The zero-order valence-corrected chi connectivity index (χ0v) is 15.1. The summed E-state index contributed by atoms with van der Waals surface area (Å²) in [5.74, 6) is 0.315. The van der Waals surface area contributed by atoms with Gasteiger partial charge in [0.2, 0.25) is 0 Å². The second-order valence-corrected chi connectivity index (χ2v) is 8.10. The van der Waals surface area contributed by atoms with E-state index in [4.69, 9.17) is 4.74 Å². The Kier molecular flexibility index (Phi) is 3.63. The van der Waals surface area contributed by atoms with E-state index in [2.05, 4.69) is 24.1 Å². The van der Waals surface area contributed by atoms with Crippen LogP contribution in [0.2, 0.25) is 0 Å². The van der Waals surface area contributed by atoms with Crippen molar-refractivity contribution in [1.82, 2.24) is 4.90 Å². The number of benzene rings is 2. The molecule has 5 rings (SSSR count). The Labute approximate surface area is 153 Å². The van der Waals surface area contributed by atoms with Gasteiger partial charge in [-0.3, -0.25) is 0 Å². The van der Waals surface area contributed by atoms with E-state index >= 15 is 0 Å². The number of rotatable bonds is 1. The zero-order chi connectivity index (χ0) is 17.9. The molecule has 0 aromatic heterocycles. The van der Waals surface area contributed by atoms with E-state index < -0.39 is 0 Å². The number of fused-ring (bicyclic) bond motifs is 6. The lowest BCUT2D eigenvalue weighted by molar-refractivity contribution is 0.184. The van der Waals surface area contributed by atoms with Gasteiger partial charge in [0.1, 0.15) is 18.2 Å². The second kappa shape index (κ2) is 5.80. The van der Waals surface area contributed by atoms with Crippen LogP contribution in [0, 0.1) is 5.82 Å². The number of hydrogen-bond donors (Lipinski definition) is 1. The molecule has 0 atom stereocenters. The number of ether oxygens (including phenoxy) is 1. The third kappa shape index (κ3) is 2.25. The van der Waals surface area contributed by atoms with Crippen molar-refractivity contribution in [2.45, 2.75) is 44.3 Å². The molecule has 3 aliphatic rings. The Bertz CT molecular complexity index is 884. The van der Waals surface area contributed by atoms with Gasteiger partial charge >= 0.3 is 0 Å². The molecular weight excluding hydrogens is 329 g/mol. The average molecular weight is 353 g/mol. The van der Waals surface area contributed by atoms with Crippen molar-refractivity contribution in [3.8, 4) is 16.9 Å². The Hall–Kier alpha value is -1.91. The van der Waals surface area contributed by atoms with Gasteiger partial charge in [-0.15, -0.1) is 0 Å². The minimum atomic E-state index is -0.364. The van der Waals surface area contributed by atoms with Crippen LogP contribution in [0.5, 0.6) is 5.75 Å². The van der Waals surface area contributed by atoms with E-state index in [1.807, 2.05) is 0 Å². The molecule has 26 heavy (non-hydrogen) atoms. The Morgan fingerprint density at radius 1 is 1.15 bits per heavy atom. The number of likely N-dealkylation sites (tertiary alicyclic amines) is 1. The summed E-state index contributed by atoms with van der Waals surface area (Å²) in [7, 11) is 2.20. The van der Waals surface area contributed by atoms with Gasteiger partial charge in [-0.05, 0) is 80.1 Å². The molecule has 1 N–H and O–H groups in total. The molecule has 1 saturated heterocycles. The molecule has 0 saturated carbocycles. The predicted octanol–water partition coefficient (Wildman–Crippen LogP) is 3.79. The zero-order valence-electron chi connectivity index (χ0n) is 15.1. The van der Waals surface area contributed by atoms with E-state index in [9.17, 15) is 9.50 Å². The van der Waals surface area contributed by atoms with Crippen LogP contribution in [0.4, 0.5) is 4.39 Å². The van der Waals surface area contributed by atoms with Gasteiger partial charge in [0.25, 0.3) is 0 Å². The van der Waals surface area contributed by atoms with Crippen LogP contribution in [0.1, 0.15) is 41.5 Å². The minimum Gasteiger partial charge on any atom is -0.488 e. The first-order valence-corrected chi connectivity index (χ1v) is 9.51. The van der Waals surface area contributed by atoms with Crippen molar-refractivity contribution in [3.05, 3.63) is 52.3 Å². The molecule has 0 radical (unpaired) electrons. The van der Waals surface area contributed by atoms with Crippen molar-refractivity contribution >= 4 is 0 Å². The average Bonchev–Trinajstić information content (AvgIpc) is 3.02. The molecular formula is C22H24FNO2. The van der Waals surface area contributed by atoms with E-state index in [0.717, 1.165) is 30.6 Å². The number of hydrogen-bond acceptors (Lipinski definition) is 3. The molecule has 2 aromatic rings. The lowest BCUT2D eigenvalue weighted by Crippen LogP contribution is -2.40. The molecule has 2 heterocycles. The monoisotopic (exact) mass is 353 g/mol. The van der Waals surface area contributed by atoms with E-state index in [1.54, 1.807) is 6.07 Å². The molecule has 0 unspecified atom stereocenters. The van der Waals surface area contributed by atoms with Gasteiger partial charge in [-0.1, -0.05) is 12.1 Å². The minimum absolute atomic E-state index is 0.262. The molecule has 1 spiro atoms. The van der Waals surface area contributed by atoms with Gasteiger partial charge in [-0.25, -0.2) is 4.39 Å². The molecule has 1 fully saturated rings. The molecule has 0 bridgehead atoms. The van der Waals surface area contributed by atoms with Crippen molar-refractivity contribution in [2.24, 2.45) is 0 Å². The summed E-state index contributed by atoms with van der Waals surface area (Å²) >= 11 is 0. The number of aryl methyl sites for hydroxylation is 1. The lowest BCUT2D eigenvalue weighted by Gasteiger charge is -2.40. The van der Waals surface area contributed by atoms with Crippen molar-refractivity contribution in [2.75, 3.05) is 20.1 Å². The number of halogens is 1.